The summed E-state index contributed by atoms with van der Waals surface area (Å²) in [6.45, 7) is 4.65. The zero-order chi connectivity index (χ0) is 18.8. The Morgan fingerprint density at radius 3 is 1.00 bits per heavy atom. The van der Waals surface area contributed by atoms with Crippen LogP contribution in [-0.4, -0.2) is 35.5 Å². The van der Waals surface area contributed by atoms with Crippen LogP contribution in [0.15, 0.2) is 70.5 Å². The molecule has 0 bridgehead atoms. The van der Waals surface area contributed by atoms with Crippen LogP contribution in [0.4, 0.5) is 0 Å². The maximum Gasteiger partial charge on any atom is 0.100 e. The van der Waals surface area contributed by atoms with E-state index in [0.717, 1.165) is 9.79 Å². The maximum atomic E-state index is 8.30. The van der Waals surface area contributed by atoms with E-state index in [9.17, 15) is 0 Å². The minimum Gasteiger partial charge on any atom is -0.780 e. The SMILES string of the molecule is C[C@H](O)C[NH3+].C[C@H](O)C[NH3+].[S-]c1ccccc1.[S-]c1ccccc1. The molecular weight excluding hydrogens is 340 g/mol. The second kappa shape index (κ2) is 18.1. The normalized spacial score (nSPS) is 11.2. The van der Waals surface area contributed by atoms with Gasteiger partial charge in [0.15, 0.2) is 0 Å². The summed E-state index contributed by atoms with van der Waals surface area (Å²) in [5.74, 6) is 0. The first-order valence-corrected chi connectivity index (χ1v) is 8.53. The molecule has 2 rings (SSSR count). The number of aliphatic hydroxyl groups is 2. The van der Waals surface area contributed by atoms with Crippen molar-refractivity contribution in [2.75, 3.05) is 13.1 Å². The van der Waals surface area contributed by atoms with Gasteiger partial charge in [-0.05, 0) is 13.8 Å². The summed E-state index contributed by atoms with van der Waals surface area (Å²) in [4.78, 5) is 1.81. The molecule has 2 aromatic rings. The van der Waals surface area contributed by atoms with Crippen LogP contribution in [-0.2, 0) is 25.3 Å². The molecule has 0 radical (unpaired) electrons. The minimum absolute atomic E-state index is 0.227. The topological polar surface area (TPSA) is 95.7 Å². The molecule has 0 heterocycles. The lowest BCUT2D eigenvalue weighted by atomic mass is 10.4. The van der Waals surface area contributed by atoms with E-state index in [0.29, 0.717) is 13.1 Å². The van der Waals surface area contributed by atoms with Gasteiger partial charge in [0.2, 0.25) is 0 Å². The minimum atomic E-state index is -0.227. The van der Waals surface area contributed by atoms with Crippen molar-refractivity contribution in [3.63, 3.8) is 0 Å². The van der Waals surface area contributed by atoms with E-state index in [1.807, 2.05) is 60.7 Å². The number of hydrogen-bond donors (Lipinski definition) is 4. The molecule has 0 fully saturated rings. The van der Waals surface area contributed by atoms with Gasteiger partial charge < -0.3 is 46.9 Å². The molecule has 8 N–H and O–H groups in total. The fraction of sp³-hybridized carbons (Fsp3) is 0.333. The highest BCUT2D eigenvalue weighted by molar-refractivity contribution is 7.59. The van der Waals surface area contributed by atoms with Crippen LogP contribution < -0.4 is 11.5 Å². The summed E-state index contributed by atoms with van der Waals surface area (Å²) < 4.78 is 0. The number of benzene rings is 2. The summed E-state index contributed by atoms with van der Waals surface area (Å²) in [5.41, 5.74) is 6.87. The van der Waals surface area contributed by atoms with Gasteiger partial charge in [-0.25, -0.2) is 0 Å². The molecule has 0 amide bonds. The average Bonchev–Trinajstić information content (AvgIpc) is 2.58. The highest BCUT2D eigenvalue weighted by Gasteiger charge is 1.86. The fourth-order valence-corrected chi connectivity index (χ4v) is 1.16. The monoisotopic (exact) mass is 370 g/mol. The summed E-state index contributed by atoms with van der Waals surface area (Å²) in [6, 6.07) is 19.2. The second-order valence-electron chi connectivity index (χ2n) is 4.90. The Balaban J connectivity index is 0. The summed E-state index contributed by atoms with van der Waals surface area (Å²) in [5, 5.41) is 16.6. The molecular formula is C18H30N2O2S2. The standard InChI is InChI=1S/2C6H6S.2C3H9NO/c2*7-6-4-2-1-3-5-6;2*1-3(5)2-4/h2*1-5,7H;2*3,5H,2,4H2,1H3/t;;2*3-/m..00/s1. The molecule has 0 aliphatic heterocycles. The first kappa shape index (κ1) is 25.0. The second-order valence-corrected chi connectivity index (χ2v) is 5.84. The molecule has 0 saturated carbocycles. The van der Waals surface area contributed by atoms with E-state index in [1.165, 1.54) is 0 Å². The van der Waals surface area contributed by atoms with Crippen molar-refractivity contribution in [2.24, 2.45) is 0 Å². The average molecular weight is 371 g/mol. The number of rotatable bonds is 2. The largest absolute Gasteiger partial charge is 0.780 e. The van der Waals surface area contributed by atoms with Gasteiger partial charge in [-0.3, -0.25) is 0 Å². The van der Waals surface area contributed by atoms with E-state index >= 15 is 0 Å². The number of quaternary nitrogens is 2. The lowest BCUT2D eigenvalue weighted by Gasteiger charge is -1.98. The van der Waals surface area contributed by atoms with Gasteiger partial charge in [0.05, 0.1) is 12.2 Å². The zero-order valence-corrected chi connectivity index (χ0v) is 16.1. The van der Waals surface area contributed by atoms with Crippen molar-refractivity contribution >= 4 is 25.3 Å². The van der Waals surface area contributed by atoms with Crippen LogP contribution in [0.25, 0.3) is 0 Å². The van der Waals surface area contributed by atoms with Crippen LogP contribution >= 0.6 is 0 Å². The lowest BCUT2D eigenvalue weighted by molar-refractivity contribution is -0.382. The van der Waals surface area contributed by atoms with Crippen molar-refractivity contribution in [1.82, 2.24) is 0 Å². The van der Waals surface area contributed by atoms with Crippen LogP contribution in [0, 0.1) is 0 Å². The third-order valence-electron chi connectivity index (χ3n) is 2.32. The third kappa shape index (κ3) is 23.0. The van der Waals surface area contributed by atoms with Crippen LogP contribution in [0.1, 0.15) is 13.8 Å². The Bertz CT molecular complexity index is 423. The Labute approximate surface area is 156 Å². The molecule has 0 aliphatic carbocycles. The number of aliphatic hydroxyl groups excluding tert-OH is 2. The molecule has 136 valence electrons. The first-order valence-electron chi connectivity index (χ1n) is 7.72. The summed E-state index contributed by atoms with van der Waals surface area (Å²) in [7, 11) is 0. The van der Waals surface area contributed by atoms with Crippen molar-refractivity contribution in [3.8, 4) is 0 Å². The van der Waals surface area contributed by atoms with Gasteiger partial charge in [-0.15, -0.1) is 0 Å². The predicted octanol–water partition coefficient (Wildman–Crippen LogP) is 0.403. The molecule has 0 aromatic heterocycles. The summed E-state index contributed by atoms with van der Waals surface area (Å²) >= 11 is 9.62. The molecule has 2 aromatic carbocycles. The predicted molar refractivity (Wildman–Crippen MR) is 103 cm³/mol. The van der Waals surface area contributed by atoms with E-state index in [2.05, 4.69) is 11.5 Å². The highest BCUT2D eigenvalue weighted by atomic mass is 32.1. The maximum absolute atomic E-state index is 8.30. The molecule has 6 heteroatoms. The van der Waals surface area contributed by atoms with Crippen molar-refractivity contribution in [2.45, 2.75) is 35.8 Å². The third-order valence-corrected chi connectivity index (χ3v) is 2.87. The smallest absolute Gasteiger partial charge is 0.100 e. The fourth-order valence-electron chi connectivity index (χ4n) is 0.841. The van der Waals surface area contributed by atoms with Gasteiger partial charge in [0.25, 0.3) is 0 Å². The van der Waals surface area contributed by atoms with Crippen LogP contribution in [0.2, 0.25) is 0 Å². The molecule has 2 atom stereocenters. The highest BCUT2D eigenvalue weighted by Crippen LogP contribution is 1.93. The first-order chi connectivity index (χ1) is 11.3. The van der Waals surface area contributed by atoms with Gasteiger partial charge >= 0.3 is 0 Å². The molecule has 4 nitrogen and oxygen atoms in total. The summed E-state index contributed by atoms with van der Waals surface area (Å²) in [6.07, 6.45) is -0.454. The quantitative estimate of drug-likeness (QED) is 0.576. The Morgan fingerprint density at radius 2 is 0.917 bits per heavy atom. The van der Waals surface area contributed by atoms with Gasteiger partial charge in [-0.1, -0.05) is 60.7 Å². The zero-order valence-electron chi connectivity index (χ0n) is 14.5. The molecule has 0 unspecified atom stereocenters. The molecule has 0 spiro atoms. The van der Waals surface area contributed by atoms with E-state index in [4.69, 9.17) is 35.5 Å². The molecule has 0 aliphatic rings. The van der Waals surface area contributed by atoms with Crippen molar-refractivity contribution in [1.29, 1.82) is 0 Å². The van der Waals surface area contributed by atoms with Crippen molar-refractivity contribution in [3.05, 3.63) is 60.7 Å². The van der Waals surface area contributed by atoms with Gasteiger partial charge in [-0.2, -0.15) is 9.79 Å². The van der Waals surface area contributed by atoms with Crippen molar-refractivity contribution < 1.29 is 21.7 Å². The van der Waals surface area contributed by atoms with E-state index in [-0.39, 0.29) is 12.2 Å². The van der Waals surface area contributed by atoms with Crippen LogP contribution in [0.5, 0.6) is 0 Å². The van der Waals surface area contributed by atoms with Gasteiger partial charge in [0, 0.05) is 0 Å². The van der Waals surface area contributed by atoms with Crippen LogP contribution in [0.3, 0.4) is 0 Å². The molecule has 24 heavy (non-hydrogen) atoms. The van der Waals surface area contributed by atoms with E-state index < -0.39 is 0 Å². The Kier molecular flexibility index (Phi) is 18.8. The lowest BCUT2D eigenvalue weighted by Crippen LogP contribution is -2.54. The molecule has 0 saturated heterocycles. The van der Waals surface area contributed by atoms with E-state index in [1.54, 1.807) is 13.8 Å². The number of hydrogen-bond acceptors (Lipinski definition) is 4. The Hall–Kier alpha value is -1.28. The van der Waals surface area contributed by atoms with Gasteiger partial charge in [0.1, 0.15) is 13.1 Å². The Morgan fingerprint density at radius 1 is 0.708 bits per heavy atom.